The van der Waals surface area contributed by atoms with E-state index in [4.69, 9.17) is 4.74 Å². The summed E-state index contributed by atoms with van der Waals surface area (Å²) < 4.78 is 9.05. The highest BCUT2D eigenvalue weighted by atomic mass is 16.5. The molecule has 1 saturated heterocycles. The molecule has 1 aliphatic rings. The molecule has 0 amide bonds. The summed E-state index contributed by atoms with van der Waals surface area (Å²) in [5, 5.41) is 4.84. The number of fused-ring (bicyclic) bond motifs is 2. The van der Waals surface area contributed by atoms with Crippen LogP contribution in [0.5, 0.6) is 0 Å². The van der Waals surface area contributed by atoms with Gasteiger partial charge in [-0.3, -0.25) is 4.79 Å². The van der Waals surface area contributed by atoms with E-state index in [0.29, 0.717) is 23.2 Å². The van der Waals surface area contributed by atoms with Gasteiger partial charge in [0, 0.05) is 18.4 Å². The maximum atomic E-state index is 13.3. The lowest BCUT2D eigenvalue weighted by molar-refractivity contribution is 0.0963. The van der Waals surface area contributed by atoms with Crippen molar-refractivity contribution in [3.05, 3.63) is 59.3 Å². The number of rotatable bonds is 3. The molecule has 0 radical (unpaired) electrons. The van der Waals surface area contributed by atoms with Gasteiger partial charge in [-0.05, 0) is 18.9 Å². The van der Waals surface area contributed by atoms with Gasteiger partial charge in [0.05, 0.1) is 29.2 Å². The first-order valence-electron chi connectivity index (χ1n) is 8.71. The van der Waals surface area contributed by atoms with Crippen LogP contribution < -0.4 is 5.56 Å². The van der Waals surface area contributed by atoms with Gasteiger partial charge in [0.1, 0.15) is 6.33 Å². The van der Waals surface area contributed by atoms with Gasteiger partial charge in [0.15, 0.2) is 0 Å². The van der Waals surface area contributed by atoms with Crippen LogP contribution in [-0.4, -0.2) is 36.9 Å². The van der Waals surface area contributed by atoms with Crippen LogP contribution in [0.4, 0.5) is 0 Å². The van der Waals surface area contributed by atoms with E-state index in [-0.39, 0.29) is 11.7 Å². The molecule has 4 heterocycles. The van der Waals surface area contributed by atoms with Gasteiger partial charge in [-0.25, -0.2) is 4.98 Å². The number of pyridine rings is 1. The van der Waals surface area contributed by atoms with E-state index in [2.05, 4.69) is 15.1 Å². The van der Waals surface area contributed by atoms with Crippen LogP contribution in [0.1, 0.15) is 12.8 Å². The van der Waals surface area contributed by atoms with E-state index in [9.17, 15) is 4.79 Å². The molecule has 1 fully saturated rings. The smallest absolute Gasteiger partial charge is 0.262 e. The molecule has 0 bridgehead atoms. The molecule has 26 heavy (non-hydrogen) atoms. The van der Waals surface area contributed by atoms with Crippen molar-refractivity contribution in [3.63, 3.8) is 0 Å². The summed E-state index contributed by atoms with van der Waals surface area (Å²) >= 11 is 0. The molecule has 7 nitrogen and oxygen atoms in total. The monoisotopic (exact) mass is 347 g/mol. The minimum Gasteiger partial charge on any atom is -0.376 e. The molecule has 0 spiro atoms. The summed E-state index contributed by atoms with van der Waals surface area (Å²) in [4.78, 5) is 22.0. The summed E-state index contributed by atoms with van der Waals surface area (Å²) in [7, 11) is 0. The fourth-order valence-electron chi connectivity index (χ4n) is 3.58. The van der Waals surface area contributed by atoms with Crippen LogP contribution in [0.15, 0.2) is 53.7 Å². The van der Waals surface area contributed by atoms with E-state index in [1.54, 1.807) is 15.3 Å². The Balaban J connectivity index is 1.80. The third-order valence-electron chi connectivity index (χ3n) is 4.81. The molecule has 5 rings (SSSR count). The Kier molecular flexibility index (Phi) is 3.53. The molecule has 130 valence electrons. The van der Waals surface area contributed by atoms with E-state index in [1.807, 2.05) is 36.4 Å². The molecule has 0 saturated carbocycles. The lowest BCUT2D eigenvalue weighted by Crippen LogP contribution is -2.26. The highest BCUT2D eigenvalue weighted by Gasteiger charge is 2.20. The minimum atomic E-state index is -0.0817. The molecular weight excluding hydrogens is 330 g/mol. The topological polar surface area (TPSA) is 74.3 Å². The fourth-order valence-corrected chi connectivity index (χ4v) is 3.58. The van der Waals surface area contributed by atoms with Crippen molar-refractivity contribution >= 4 is 16.7 Å². The zero-order valence-electron chi connectivity index (χ0n) is 14.1. The molecular formula is C19H17N5O2. The van der Waals surface area contributed by atoms with Crippen molar-refractivity contribution in [1.82, 2.24) is 24.1 Å². The number of hydrogen-bond acceptors (Lipinski definition) is 5. The Hall–Kier alpha value is -3.06. The number of benzene rings is 1. The summed E-state index contributed by atoms with van der Waals surface area (Å²) in [5.41, 5.74) is 2.16. The SMILES string of the molecule is O=c1c2c(-c3ccccc3)n3ncnc3nc2ccn1CC1CCCO1. The molecule has 1 aromatic carbocycles. The molecule has 4 aromatic rings. The van der Waals surface area contributed by atoms with Gasteiger partial charge >= 0.3 is 0 Å². The number of aromatic nitrogens is 5. The van der Waals surface area contributed by atoms with Gasteiger partial charge in [0.2, 0.25) is 0 Å². The molecule has 1 atom stereocenters. The largest absolute Gasteiger partial charge is 0.376 e. The summed E-state index contributed by atoms with van der Waals surface area (Å²) in [6.07, 6.45) is 5.37. The van der Waals surface area contributed by atoms with Crippen molar-refractivity contribution in [1.29, 1.82) is 0 Å². The third-order valence-corrected chi connectivity index (χ3v) is 4.81. The molecule has 1 unspecified atom stereocenters. The normalized spacial score (nSPS) is 17.3. The maximum absolute atomic E-state index is 13.3. The first kappa shape index (κ1) is 15.2. The van der Waals surface area contributed by atoms with E-state index in [1.165, 1.54) is 6.33 Å². The molecule has 3 aromatic heterocycles. The van der Waals surface area contributed by atoms with Crippen molar-refractivity contribution in [2.75, 3.05) is 6.61 Å². The Bertz CT molecular complexity index is 1140. The van der Waals surface area contributed by atoms with Crippen molar-refractivity contribution in [2.45, 2.75) is 25.5 Å². The Morgan fingerprint density at radius 2 is 2.08 bits per heavy atom. The van der Waals surface area contributed by atoms with E-state index >= 15 is 0 Å². The van der Waals surface area contributed by atoms with Crippen LogP contribution >= 0.6 is 0 Å². The van der Waals surface area contributed by atoms with Gasteiger partial charge in [0.25, 0.3) is 11.3 Å². The summed E-state index contributed by atoms with van der Waals surface area (Å²) in [5.74, 6) is 0.479. The summed E-state index contributed by atoms with van der Waals surface area (Å²) in [6, 6.07) is 11.6. The van der Waals surface area contributed by atoms with E-state index in [0.717, 1.165) is 30.7 Å². The first-order valence-corrected chi connectivity index (χ1v) is 8.71. The molecule has 7 heteroatoms. The van der Waals surface area contributed by atoms with Crippen LogP contribution in [0, 0.1) is 0 Å². The van der Waals surface area contributed by atoms with Crippen molar-refractivity contribution in [3.8, 4) is 11.3 Å². The lowest BCUT2D eigenvalue weighted by atomic mass is 10.1. The van der Waals surface area contributed by atoms with Gasteiger partial charge < -0.3 is 9.30 Å². The van der Waals surface area contributed by atoms with Crippen molar-refractivity contribution < 1.29 is 4.74 Å². The van der Waals surface area contributed by atoms with Crippen LogP contribution in [-0.2, 0) is 11.3 Å². The highest BCUT2D eigenvalue weighted by Crippen LogP contribution is 2.25. The Morgan fingerprint density at radius 3 is 2.88 bits per heavy atom. The molecule has 1 aliphatic heterocycles. The van der Waals surface area contributed by atoms with Crippen LogP contribution in [0.2, 0.25) is 0 Å². The van der Waals surface area contributed by atoms with Crippen LogP contribution in [0.25, 0.3) is 27.9 Å². The second-order valence-electron chi connectivity index (χ2n) is 6.47. The van der Waals surface area contributed by atoms with Gasteiger partial charge in [-0.2, -0.15) is 14.6 Å². The zero-order chi connectivity index (χ0) is 17.5. The highest BCUT2D eigenvalue weighted by molar-refractivity contribution is 5.93. The summed E-state index contributed by atoms with van der Waals surface area (Å²) in [6.45, 7) is 1.32. The Labute approximate surface area is 148 Å². The van der Waals surface area contributed by atoms with Crippen molar-refractivity contribution in [2.24, 2.45) is 0 Å². The predicted octanol–water partition coefficient (Wildman–Crippen LogP) is 2.29. The van der Waals surface area contributed by atoms with Gasteiger partial charge in [-0.1, -0.05) is 30.3 Å². The quantitative estimate of drug-likeness (QED) is 0.568. The standard InChI is InChI=1S/C19H17N5O2/c25-18-16-15(8-9-23(18)11-14-7-4-10-26-14)22-19-20-12-21-24(19)17(16)13-5-2-1-3-6-13/h1-3,5-6,8-9,12,14H,4,7,10-11H2. The second kappa shape index (κ2) is 6.03. The zero-order valence-corrected chi connectivity index (χ0v) is 14.1. The number of nitrogens with zero attached hydrogens (tertiary/aromatic N) is 5. The second-order valence-corrected chi connectivity index (χ2v) is 6.47. The predicted molar refractivity (Wildman–Crippen MR) is 97.0 cm³/mol. The van der Waals surface area contributed by atoms with Gasteiger partial charge in [-0.15, -0.1) is 0 Å². The minimum absolute atomic E-state index is 0.0817. The molecule has 0 N–H and O–H groups in total. The average molecular weight is 347 g/mol. The third kappa shape index (κ3) is 2.40. The Morgan fingerprint density at radius 1 is 1.19 bits per heavy atom. The van der Waals surface area contributed by atoms with E-state index < -0.39 is 0 Å². The number of ether oxygens (including phenoxy) is 1. The average Bonchev–Trinajstić information content (AvgIpc) is 3.34. The first-order chi connectivity index (χ1) is 12.8. The van der Waals surface area contributed by atoms with Crippen LogP contribution in [0.3, 0.4) is 0 Å². The number of hydrogen-bond donors (Lipinski definition) is 0. The lowest BCUT2D eigenvalue weighted by Gasteiger charge is -2.14. The fraction of sp³-hybridized carbons (Fsp3) is 0.263. The molecule has 0 aliphatic carbocycles. The maximum Gasteiger partial charge on any atom is 0.262 e.